The van der Waals surface area contributed by atoms with Gasteiger partial charge >= 0.3 is 5.97 Å². The fourth-order valence-electron chi connectivity index (χ4n) is 1.90. The monoisotopic (exact) mass is 318 g/mol. The maximum Gasteiger partial charge on any atom is 0.316 e. The number of thioether (sulfide) groups is 1. The van der Waals surface area contributed by atoms with Crippen LogP contribution in [0.4, 0.5) is 4.39 Å². The molecule has 6 nitrogen and oxygen atoms in total. The van der Waals surface area contributed by atoms with Crippen molar-refractivity contribution in [1.82, 2.24) is 19.7 Å². The van der Waals surface area contributed by atoms with E-state index in [1.54, 1.807) is 23.0 Å². The van der Waals surface area contributed by atoms with Crippen LogP contribution in [0.5, 0.6) is 0 Å². The van der Waals surface area contributed by atoms with Crippen LogP contribution in [0, 0.1) is 5.82 Å². The van der Waals surface area contributed by atoms with Gasteiger partial charge in [-0.05, 0) is 24.3 Å². The number of benzene rings is 1. The molecule has 0 aliphatic carbocycles. The zero-order valence-electron chi connectivity index (χ0n) is 11.6. The van der Waals surface area contributed by atoms with Gasteiger partial charge in [-0.1, -0.05) is 11.8 Å². The summed E-state index contributed by atoms with van der Waals surface area (Å²) in [7, 11) is 1.34. The number of esters is 1. The molecular weight excluding hydrogens is 307 g/mol. The molecule has 0 spiro atoms. The third-order valence-electron chi connectivity index (χ3n) is 2.95. The first-order chi connectivity index (χ1) is 10.7. The van der Waals surface area contributed by atoms with Crippen LogP contribution in [0.25, 0.3) is 16.7 Å². The van der Waals surface area contributed by atoms with Crippen molar-refractivity contribution >= 4 is 28.8 Å². The van der Waals surface area contributed by atoms with Crippen molar-refractivity contribution in [3.63, 3.8) is 0 Å². The Balaban J connectivity index is 1.98. The van der Waals surface area contributed by atoms with Crippen molar-refractivity contribution in [2.75, 3.05) is 12.9 Å². The first-order valence-electron chi connectivity index (χ1n) is 6.33. The van der Waals surface area contributed by atoms with Crippen molar-refractivity contribution in [3.05, 3.63) is 42.6 Å². The maximum atomic E-state index is 13.0. The van der Waals surface area contributed by atoms with Gasteiger partial charge in [0.15, 0.2) is 5.65 Å². The van der Waals surface area contributed by atoms with Gasteiger partial charge in [0.25, 0.3) is 0 Å². The second-order valence-electron chi connectivity index (χ2n) is 4.31. The summed E-state index contributed by atoms with van der Waals surface area (Å²) < 4.78 is 19.2. The first kappa shape index (κ1) is 14.5. The topological polar surface area (TPSA) is 69.9 Å². The molecule has 0 unspecified atom stereocenters. The molecule has 3 aromatic rings. The average Bonchev–Trinajstić information content (AvgIpc) is 2.98. The first-order valence-corrected chi connectivity index (χ1v) is 7.32. The van der Waals surface area contributed by atoms with Gasteiger partial charge in [0.2, 0.25) is 0 Å². The molecule has 3 rings (SSSR count). The Hall–Kier alpha value is -2.48. The lowest BCUT2D eigenvalue weighted by molar-refractivity contribution is -0.137. The Morgan fingerprint density at radius 1 is 1.32 bits per heavy atom. The number of fused-ring (bicyclic) bond motifs is 1. The van der Waals surface area contributed by atoms with E-state index < -0.39 is 0 Å². The van der Waals surface area contributed by atoms with Gasteiger partial charge < -0.3 is 4.74 Å². The highest BCUT2D eigenvalue weighted by Gasteiger charge is 2.13. The zero-order chi connectivity index (χ0) is 15.5. The lowest BCUT2D eigenvalue weighted by atomic mass is 10.3. The number of hydrogen-bond donors (Lipinski definition) is 0. The number of aromatic nitrogens is 4. The lowest BCUT2D eigenvalue weighted by Gasteiger charge is -2.04. The van der Waals surface area contributed by atoms with Crippen LogP contribution in [0.3, 0.4) is 0 Å². The predicted molar refractivity (Wildman–Crippen MR) is 79.4 cm³/mol. The van der Waals surface area contributed by atoms with E-state index in [9.17, 15) is 9.18 Å². The minimum absolute atomic E-state index is 0.157. The van der Waals surface area contributed by atoms with Crippen LogP contribution >= 0.6 is 11.8 Å². The van der Waals surface area contributed by atoms with Gasteiger partial charge in [0.05, 0.1) is 30.1 Å². The summed E-state index contributed by atoms with van der Waals surface area (Å²) in [5.41, 5.74) is 1.29. The largest absolute Gasteiger partial charge is 0.468 e. The molecule has 0 bridgehead atoms. The van der Waals surface area contributed by atoms with E-state index in [0.29, 0.717) is 16.4 Å². The van der Waals surface area contributed by atoms with Crippen molar-refractivity contribution in [2.45, 2.75) is 5.03 Å². The van der Waals surface area contributed by atoms with Crippen LogP contribution < -0.4 is 0 Å². The zero-order valence-corrected chi connectivity index (χ0v) is 12.4. The van der Waals surface area contributed by atoms with Gasteiger partial charge in [0, 0.05) is 0 Å². The Kier molecular flexibility index (Phi) is 4.01. The summed E-state index contributed by atoms with van der Waals surface area (Å²) in [4.78, 5) is 19.6. The van der Waals surface area contributed by atoms with E-state index in [1.165, 1.54) is 37.3 Å². The van der Waals surface area contributed by atoms with E-state index >= 15 is 0 Å². The molecule has 2 aromatic heterocycles. The number of rotatable bonds is 4. The van der Waals surface area contributed by atoms with Gasteiger partial charge in [-0.3, -0.25) is 4.79 Å². The molecule has 0 aliphatic rings. The summed E-state index contributed by atoms with van der Waals surface area (Å²) >= 11 is 1.25. The highest BCUT2D eigenvalue weighted by molar-refractivity contribution is 8.00. The molecule has 0 amide bonds. The van der Waals surface area contributed by atoms with Gasteiger partial charge in [-0.25, -0.2) is 19.0 Å². The van der Waals surface area contributed by atoms with Gasteiger partial charge in [-0.15, -0.1) is 0 Å². The number of hydrogen-bond acceptors (Lipinski definition) is 6. The number of methoxy groups -OCH3 is 1. The molecule has 1 aromatic carbocycles. The lowest BCUT2D eigenvalue weighted by Crippen LogP contribution is -2.03. The summed E-state index contributed by atoms with van der Waals surface area (Å²) in [5.74, 6) is -0.489. The predicted octanol–water partition coefficient (Wildman–Crippen LogP) is 2.22. The average molecular weight is 318 g/mol. The van der Waals surface area contributed by atoms with Crippen LogP contribution in [0.15, 0.2) is 41.8 Å². The Morgan fingerprint density at radius 3 is 2.82 bits per heavy atom. The molecule has 112 valence electrons. The third-order valence-corrected chi connectivity index (χ3v) is 3.93. The standard InChI is InChI=1S/C14H11FN4O2S/c1-21-12(20)7-22-14-11-6-18-19(13(11)16-8-17-14)10-4-2-9(15)3-5-10/h2-6,8H,7H2,1H3. The Morgan fingerprint density at radius 2 is 2.09 bits per heavy atom. The molecule has 0 radical (unpaired) electrons. The van der Waals surface area contributed by atoms with Crippen LogP contribution in [-0.2, 0) is 9.53 Å². The van der Waals surface area contributed by atoms with Crippen molar-refractivity contribution in [2.24, 2.45) is 0 Å². The van der Waals surface area contributed by atoms with Crippen molar-refractivity contribution in [1.29, 1.82) is 0 Å². The quantitative estimate of drug-likeness (QED) is 0.417. The third kappa shape index (κ3) is 2.77. The van der Waals surface area contributed by atoms with Gasteiger partial charge in [0.1, 0.15) is 17.2 Å². The molecule has 0 saturated carbocycles. The molecule has 8 heteroatoms. The van der Waals surface area contributed by atoms with Gasteiger partial charge in [-0.2, -0.15) is 5.10 Å². The second kappa shape index (κ2) is 6.10. The SMILES string of the molecule is COC(=O)CSc1ncnc2c1cnn2-c1ccc(F)cc1. The highest BCUT2D eigenvalue weighted by Crippen LogP contribution is 2.25. The number of halogens is 1. The number of ether oxygens (including phenoxy) is 1. The second-order valence-corrected chi connectivity index (χ2v) is 5.28. The maximum absolute atomic E-state index is 13.0. The van der Waals surface area contributed by atoms with E-state index in [-0.39, 0.29) is 17.5 Å². The van der Waals surface area contributed by atoms with E-state index in [1.807, 2.05) is 0 Å². The van der Waals surface area contributed by atoms with Crippen molar-refractivity contribution < 1.29 is 13.9 Å². The summed E-state index contributed by atoms with van der Waals surface area (Å²) in [6.07, 6.45) is 3.03. The molecular formula is C14H11FN4O2S. The van der Waals surface area contributed by atoms with E-state index in [4.69, 9.17) is 0 Å². The molecule has 0 N–H and O–H groups in total. The van der Waals surface area contributed by atoms with Crippen LogP contribution in [-0.4, -0.2) is 38.6 Å². The minimum atomic E-state index is -0.331. The molecule has 22 heavy (non-hydrogen) atoms. The number of carbonyl (C=O) groups excluding carboxylic acids is 1. The fourth-order valence-corrected chi connectivity index (χ4v) is 2.69. The van der Waals surface area contributed by atoms with Crippen LogP contribution in [0.2, 0.25) is 0 Å². The Bertz CT molecular complexity index is 819. The minimum Gasteiger partial charge on any atom is -0.468 e. The summed E-state index contributed by atoms with van der Waals surface area (Å²) in [6.45, 7) is 0. The molecule has 0 saturated heterocycles. The van der Waals surface area contributed by atoms with Crippen molar-refractivity contribution in [3.8, 4) is 5.69 Å². The normalized spacial score (nSPS) is 10.8. The molecule has 2 heterocycles. The number of nitrogens with zero attached hydrogens (tertiary/aromatic N) is 4. The summed E-state index contributed by atoms with van der Waals surface area (Å²) in [5, 5.41) is 5.63. The van der Waals surface area contributed by atoms with E-state index in [2.05, 4.69) is 19.8 Å². The summed E-state index contributed by atoms with van der Waals surface area (Å²) in [6, 6.07) is 5.95. The highest BCUT2D eigenvalue weighted by atomic mass is 32.2. The fraction of sp³-hybridized carbons (Fsp3) is 0.143. The number of carbonyl (C=O) groups is 1. The molecule has 0 atom stereocenters. The smallest absolute Gasteiger partial charge is 0.316 e. The molecule has 0 fully saturated rings. The Labute approximate surface area is 129 Å². The van der Waals surface area contributed by atoms with E-state index in [0.717, 1.165) is 5.39 Å². The van der Waals surface area contributed by atoms with Crippen LogP contribution in [0.1, 0.15) is 0 Å². The molecule has 0 aliphatic heterocycles.